The predicted molar refractivity (Wildman–Crippen MR) is 77.6 cm³/mol. The van der Waals surface area contributed by atoms with Gasteiger partial charge in [0.25, 0.3) is 11.8 Å². The highest BCUT2D eigenvalue weighted by Crippen LogP contribution is 2.20. The molecule has 6 nitrogen and oxygen atoms in total. The van der Waals surface area contributed by atoms with Crippen LogP contribution in [-0.2, 0) is 5.60 Å². The Bertz CT molecular complexity index is 692. The zero-order valence-corrected chi connectivity index (χ0v) is 11.9. The molecule has 1 aromatic carbocycles. The average molecular weight is 305 g/mol. The van der Waals surface area contributed by atoms with Gasteiger partial charge in [-0.15, -0.1) is 0 Å². The molecule has 0 aliphatic rings. The van der Waals surface area contributed by atoms with Crippen molar-refractivity contribution < 1.29 is 19.1 Å². The molecule has 5 N–H and O–H groups in total. The molecule has 0 bridgehead atoms. The van der Waals surface area contributed by atoms with Crippen molar-refractivity contribution in [2.24, 2.45) is 5.73 Å². The van der Waals surface area contributed by atoms with E-state index in [4.69, 9.17) is 5.73 Å². The van der Waals surface area contributed by atoms with Gasteiger partial charge in [-0.3, -0.25) is 9.59 Å². The van der Waals surface area contributed by atoms with Crippen molar-refractivity contribution >= 4 is 11.8 Å². The van der Waals surface area contributed by atoms with Gasteiger partial charge in [0.15, 0.2) is 0 Å². The fraction of sp³-hybridized carbons (Fsp3) is 0.200. The van der Waals surface area contributed by atoms with E-state index in [9.17, 15) is 19.1 Å². The molecule has 2 amide bonds. The van der Waals surface area contributed by atoms with E-state index in [2.05, 4.69) is 10.3 Å². The van der Waals surface area contributed by atoms with Gasteiger partial charge in [0.1, 0.15) is 17.1 Å². The second-order valence-electron chi connectivity index (χ2n) is 5.13. The number of primary amides is 1. The van der Waals surface area contributed by atoms with E-state index in [1.165, 1.54) is 43.5 Å². The lowest BCUT2D eigenvalue weighted by atomic mass is 9.96. The number of amides is 2. The van der Waals surface area contributed by atoms with Crippen molar-refractivity contribution in [3.05, 3.63) is 59.2 Å². The Hall–Kier alpha value is -2.67. The van der Waals surface area contributed by atoms with Crippen LogP contribution in [0.5, 0.6) is 0 Å². The molecular weight excluding hydrogens is 289 g/mol. The van der Waals surface area contributed by atoms with E-state index in [1.54, 1.807) is 0 Å². The minimum absolute atomic E-state index is 0.0749. The zero-order chi connectivity index (χ0) is 16.3. The highest BCUT2D eigenvalue weighted by Gasteiger charge is 2.24. The van der Waals surface area contributed by atoms with Gasteiger partial charge in [0.2, 0.25) is 0 Å². The number of halogens is 1. The molecule has 2 aromatic rings. The fourth-order valence-electron chi connectivity index (χ4n) is 1.93. The topological polar surface area (TPSA) is 108 Å². The SMILES string of the molecule is CC(O)(CNC(=O)c1c[nH]c(C(N)=O)c1)c1ccc(F)cc1. The lowest BCUT2D eigenvalue weighted by Gasteiger charge is -2.24. The van der Waals surface area contributed by atoms with Crippen molar-refractivity contribution in [3.63, 3.8) is 0 Å². The molecule has 22 heavy (non-hydrogen) atoms. The maximum Gasteiger partial charge on any atom is 0.265 e. The Labute approximate surface area is 126 Å². The lowest BCUT2D eigenvalue weighted by Crippen LogP contribution is -2.38. The van der Waals surface area contributed by atoms with Crippen LogP contribution < -0.4 is 11.1 Å². The van der Waals surface area contributed by atoms with Gasteiger partial charge >= 0.3 is 0 Å². The summed E-state index contributed by atoms with van der Waals surface area (Å²) in [6.45, 7) is 1.43. The quantitative estimate of drug-likeness (QED) is 0.658. The molecule has 0 aliphatic carbocycles. The van der Waals surface area contributed by atoms with Crippen LogP contribution in [0.1, 0.15) is 33.3 Å². The normalized spacial score (nSPS) is 13.4. The maximum atomic E-state index is 12.9. The van der Waals surface area contributed by atoms with Gasteiger partial charge in [-0.1, -0.05) is 12.1 Å². The first-order chi connectivity index (χ1) is 10.3. The molecule has 1 heterocycles. The second-order valence-corrected chi connectivity index (χ2v) is 5.13. The number of hydrogen-bond acceptors (Lipinski definition) is 3. The number of aromatic nitrogens is 1. The third kappa shape index (κ3) is 3.50. The Morgan fingerprint density at radius 3 is 2.55 bits per heavy atom. The first-order valence-corrected chi connectivity index (χ1v) is 6.54. The largest absolute Gasteiger partial charge is 0.384 e. The Morgan fingerprint density at radius 2 is 2.00 bits per heavy atom. The number of H-pyrrole nitrogens is 1. The number of nitrogens with one attached hydrogen (secondary N) is 2. The van der Waals surface area contributed by atoms with Crippen LogP contribution in [0.25, 0.3) is 0 Å². The molecule has 1 atom stereocenters. The van der Waals surface area contributed by atoms with Crippen molar-refractivity contribution in [2.75, 3.05) is 6.54 Å². The van der Waals surface area contributed by atoms with Crippen LogP contribution in [-0.4, -0.2) is 28.4 Å². The molecule has 116 valence electrons. The number of aliphatic hydroxyl groups is 1. The summed E-state index contributed by atoms with van der Waals surface area (Å²) >= 11 is 0. The van der Waals surface area contributed by atoms with E-state index in [0.717, 1.165) is 0 Å². The predicted octanol–water partition coefficient (Wildman–Crippen LogP) is 0.890. The third-order valence-corrected chi connectivity index (χ3v) is 3.27. The minimum Gasteiger partial charge on any atom is -0.384 e. The van der Waals surface area contributed by atoms with Gasteiger partial charge in [-0.25, -0.2) is 4.39 Å². The summed E-state index contributed by atoms with van der Waals surface area (Å²) in [7, 11) is 0. The summed E-state index contributed by atoms with van der Waals surface area (Å²) < 4.78 is 12.9. The summed E-state index contributed by atoms with van der Waals surface area (Å²) in [6.07, 6.45) is 1.35. The molecule has 0 saturated heterocycles. The molecule has 0 fully saturated rings. The van der Waals surface area contributed by atoms with E-state index in [0.29, 0.717) is 5.56 Å². The van der Waals surface area contributed by atoms with Crippen LogP contribution in [0.2, 0.25) is 0 Å². The first-order valence-electron chi connectivity index (χ1n) is 6.54. The van der Waals surface area contributed by atoms with Gasteiger partial charge < -0.3 is 21.1 Å². The highest BCUT2D eigenvalue weighted by atomic mass is 19.1. The second kappa shape index (κ2) is 5.98. The van der Waals surface area contributed by atoms with Gasteiger partial charge in [0.05, 0.1) is 12.1 Å². The van der Waals surface area contributed by atoms with E-state index in [-0.39, 0.29) is 17.8 Å². The number of carbonyl (C=O) groups is 2. The third-order valence-electron chi connectivity index (χ3n) is 3.27. The minimum atomic E-state index is -1.35. The van der Waals surface area contributed by atoms with Crippen LogP contribution in [0.3, 0.4) is 0 Å². The number of carbonyl (C=O) groups excluding carboxylic acids is 2. The van der Waals surface area contributed by atoms with Crippen molar-refractivity contribution in [3.8, 4) is 0 Å². The number of rotatable bonds is 5. The van der Waals surface area contributed by atoms with Crippen LogP contribution in [0, 0.1) is 5.82 Å². The molecule has 0 saturated carbocycles. The summed E-state index contributed by atoms with van der Waals surface area (Å²) in [5.41, 5.74) is 4.55. The average Bonchev–Trinajstić information content (AvgIpc) is 2.95. The van der Waals surface area contributed by atoms with Crippen molar-refractivity contribution in [2.45, 2.75) is 12.5 Å². The lowest BCUT2D eigenvalue weighted by molar-refractivity contribution is 0.0526. The molecule has 0 spiro atoms. The Kier molecular flexibility index (Phi) is 4.27. The van der Waals surface area contributed by atoms with E-state index >= 15 is 0 Å². The van der Waals surface area contributed by atoms with E-state index < -0.39 is 23.2 Å². The molecule has 1 unspecified atom stereocenters. The van der Waals surface area contributed by atoms with Crippen LogP contribution in [0.15, 0.2) is 36.5 Å². The maximum absolute atomic E-state index is 12.9. The van der Waals surface area contributed by atoms with Crippen molar-refractivity contribution in [1.82, 2.24) is 10.3 Å². The fourth-order valence-corrected chi connectivity index (χ4v) is 1.93. The van der Waals surface area contributed by atoms with Gasteiger partial charge in [0, 0.05) is 6.20 Å². The number of benzene rings is 1. The van der Waals surface area contributed by atoms with E-state index in [1.807, 2.05) is 0 Å². The molecule has 1 aromatic heterocycles. The highest BCUT2D eigenvalue weighted by molar-refractivity contribution is 5.98. The Balaban J connectivity index is 2.02. The molecule has 7 heteroatoms. The monoisotopic (exact) mass is 305 g/mol. The Morgan fingerprint density at radius 1 is 1.36 bits per heavy atom. The number of nitrogens with two attached hydrogens (primary N) is 1. The van der Waals surface area contributed by atoms with Gasteiger partial charge in [-0.2, -0.15) is 0 Å². The first kappa shape index (κ1) is 15.7. The zero-order valence-electron chi connectivity index (χ0n) is 11.9. The summed E-state index contributed by atoms with van der Waals surface area (Å²) in [5.74, 6) is -1.54. The summed E-state index contributed by atoms with van der Waals surface area (Å²) in [4.78, 5) is 25.5. The molecule has 0 radical (unpaired) electrons. The summed E-state index contributed by atoms with van der Waals surface area (Å²) in [6, 6.07) is 6.68. The summed E-state index contributed by atoms with van der Waals surface area (Å²) in [5, 5.41) is 12.9. The van der Waals surface area contributed by atoms with Crippen molar-refractivity contribution in [1.29, 1.82) is 0 Å². The number of aromatic amines is 1. The van der Waals surface area contributed by atoms with Crippen LogP contribution in [0.4, 0.5) is 4.39 Å². The molecule has 0 aliphatic heterocycles. The van der Waals surface area contributed by atoms with Gasteiger partial charge in [-0.05, 0) is 30.7 Å². The standard InChI is InChI=1S/C15H16FN3O3/c1-15(22,10-2-4-11(16)5-3-10)8-19-14(21)9-6-12(13(17)20)18-7-9/h2-7,18,22H,8H2,1H3,(H2,17,20)(H,19,21). The van der Waals surface area contributed by atoms with Crippen LogP contribution >= 0.6 is 0 Å². The molecule has 2 rings (SSSR count). The molecular formula is C15H16FN3O3. The smallest absolute Gasteiger partial charge is 0.265 e. The number of hydrogen-bond donors (Lipinski definition) is 4.